The van der Waals surface area contributed by atoms with E-state index in [9.17, 15) is 14.4 Å². The van der Waals surface area contributed by atoms with Crippen molar-refractivity contribution in [1.82, 2.24) is 10.6 Å². The average molecular weight is 476 g/mol. The zero-order valence-electron chi connectivity index (χ0n) is 17.9. The molecule has 1 atom stereocenters. The molecule has 0 spiro atoms. The molecule has 3 amide bonds. The maximum atomic E-state index is 12.4. The summed E-state index contributed by atoms with van der Waals surface area (Å²) < 4.78 is 5.97. The highest BCUT2D eigenvalue weighted by Crippen LogP contribution is 2.48. The highest BCUT2D eigenvalue weighted by Gasteiger charge is 2.44. The number of ether oxygens (including phenoxy) is 1. The molecule has 2 aromatic rings. The Morgan fingerprint density at radius 3 is 2.56 bits per heavy atom. The van der Waals surface area contributed by atoms with Crippen LogP contribution < -0.4 is 15.5 Å². The van der Waals surface area contributed by atoms with Gasteiger partial charge in [-0.3, -0.25) is 14.5 Å². The summed E-state index contributed by atoms with van der Waals surface area (Å²) in [6.45, 7) is 3.23. The number of carbonyl (C=O) groups excluding carboxylic acids is 3. The summed E-state index contributed by atoms with van der Waals surface area (Å²) in [6, 6.07) is 11.2. The third kappa shape index (κ3) is 5.07. The van der Waals surface area contributed by atoms with Crippen LogP contribution in [0.25, 0.3) is 0 Å². The Morgan fingerprint density at radius 2 is 1.94 bits per heavy atom. The van der Waals surface area contributed by atoms with Crippen LogP contribution >= 0.6 is 22.9 Å². The first-order chi connectivity index (χ1) is 15.4. The minimum absolute atomic E-state index is 0.00492. The number of benzene rings is 1. The number of cyclic esters (lactones) is 1. The van der Waals surface area contributed by atoms with Gasteiger partial charge in [0.2, 0.25) is 5.91 Å². The van der Waals surface area contributed by atoms with Gasteiger partial charge in [-0.25, -0.2) is 4.79 Å². The fourth-order valence-corrected chi connectivity index (χ4v) is 4.82. The van der Waals surface area contributed by atoms with Gasteiger partial charge < -0.3 is 15.4 Å². The second-order valence-corrected chi connectivity index (χ2v) is 10.00. The molecular weight excluding hydrogens is 450 g/mol. The molecule has 2 fully saturated rings. The molecule has 1 saturated heterocycles. The Kier molecular flexibility index (Phi) is 6.71. The number of amides is 3. The van der Waals surface area contributed by atoms with Crippen LogP contribution in [-0.4, -0.2) is 43.6 Å². The number of hydrogen-bond acceptors (Lipinski definition) is 5. The Morgan fingerprint density at radius 1 is 1.19 bits per heavy atom. The Bertz CT molecular complexity index is 1000. The summed E-state index contributed by atoms with van der Waals surface area (Å²) in [4.78, 5) is 38.5. The predicted molar refractivity (Wildman–Crippen MR) is 125 cm³/mol. The quantitative estimate of drug-likeness (QED) is 0.571. The first-order valence-electron chi connectivity index (χ1n) is 10.8. The van der Waals surface area contributed by atoms with Crippen molar-refractivity contribution in [2.75, 3.05) is 24.5 Å². The Labute approximate surface area is 196 Å². The van der Waals surface area contributed by atoms with E-state index in [1.165, 1.54) is 16.9 Å². The van der Waals surface area contributed by atoms with Crippen molar-refractivity contribution >= 4 is 46.5 Å². The lowest BCUT2D eigenvalue weighted by Gasteiger charge is -2.19. The summed E-state index contributed by atoms with van der Waals surface area (Å²) in [7, 11) is 0. The SMILES string of the molecule is CCCC(=O)NCC1(c2ccc(N3CC(CNC(=O)c4ccc(Cl)s4)OC3=O)cc2)CC1. The van der Waals surface area contributed by atoms with Crippen molar-refractivity contribution in [3.63, 3.8) is 0 Å². The second kappa shape index (κ2) is 9.50. The maximum absolute atomic E-state index is 12.4. The van der Waals surface area contributed by atoms with E-state index in [4.69, 9.17) is 16.3 Å². The molecule has 9 heteroatoms. The largest absolute Gasteiger partial charge is 0.442 e. The number of nitrogens with zero attached hydrogens (tertiary/aromatic N) is 1. The molecule has 2 N–H and O–H groups in total. The van der Waals surface area contributed by atoms with Gasteiger partial charge in [-0.05, 0) is 49.1 Å². The van der Waals surface area contributed by atoms with Crippen LogP contribution in [0.5, 0.6) is 0 Å². The van der Waals surface area contributed by atoms with Crippen LogP contribution in [0.4, 0.5) is 10.5 Å². The van der Waals surface area contributed by atoms with Gasteiger partial charge in [0.15, 0.2) is 0 Å². The first-order valence-corrected chi connectivity index (χ1v) is 12.0. The van der Waals surface area contributed by atoms with Gasteiger partial charge in [0.1, 0.15) is 6.10 Å². The maximum Gasteiger partial charge on any atom is 0.414 e. The van der Waals surface area contributed by atoms with Crippen molar-refractivity contribution in [3.05, 3.63) is 51.2 Å². The van der Waals surface area contributed by atoms with Crippen LogP contribution in [0.1, 0.15) is 47.8 Å². The molecule has 1 aromatic carbocycles. The lowest BCUT2D eigenvalue weighted by atomic mass is 9.95. The number of anilines is 1. The zero-order chi connectivity index (χ0) is 22.7. The Balaban J connectivity index is 1.31. The number of rotatable bonds is 9. The summed E-state index contributed by atoms with van der Waals surface area (Å²) in [5, 5.41) is 5.83. The van der Waals surface area contributed by atoms with Gasteiger partial charge in [0, 0.05) is 24.1 Å². The minimum atomic E-state index is -0.427. The van der Waals surface area contributed by atoms with Crippen molar-refractivity contribution in [2.45, 2.75) is 44.1 Å². The molecule has 32 heavy (non-hydrogen) atoms. The lowest BCUT2D eigenvalue weighted by Crippen LogP contribution is -2.34. The second-order valence-electron chi connectivity index (χ2n) is 8.28. The molecule has 2 aliphatic rings. The summed E-state index contributed by atoms with van der Waals surface area (Å²) in [5.41, 5.74) is 1.93. The number of halogens is 1. The van der Waals surface area contributed by atoms with Crippen LogP contribution in [0.15, 0.2) is 36.4 Å². The molecule has 0 bridgehead atoms. The third-order valence-electron chi connectivity index (χ3n) is 5.91. The van der Waals surface area contributed by atoms with E-state index in [1.54, 1.807) is 17.0 Å². The van der Waals surface area contributed by atoms with Gasteiger partial charge in [0.25, 0.3) is 5.91 Å². The summed E-state index contributed by atoms with van der Waals surface area (Å²) in [5.74, 6) is -0.142. The lowest BCUT2D eigenvalue weighted by molar-refractivity contribution is -0.121. The van der Waals surface area contributed by atoms with E-state index < -0.39 is 12.2 Å². The summed E-state index contributed by atoms with van der Waals surface area (Å²) >= 11 is 7.07. The molecule has 1 aliphatic heterocycles. The minimum Gasteiger partial charge on any atom is -0.442 e. The predicted octanol–water partition coefficient (Wildman–Crippen LogP) is 4.10. The number of hydrogen-bond donors (Lipinski definition) is 2. The van der Waals surface area contributed by atoms with Crippen molar-refractivity contribution < 1.29 is 19.1 Å². The van der Waals surface area contributed by atoms with Gasteiger partial charge in [-0.15, -0.1) is 11.3 Å². The van der Waals surface area contributed by atoms with Crippen molar-refractivity contribution in [1.29, 1.82) is 0 Å². The molecule has 7 nitrogen and oxygen atoms in total. The van der Waals surface area contributed by atoms with Crippen LogP contribution in [-0.2, 0) is 14.9 Å². The number of carbonyl (C=O) groups is 3. The third-order valence-corrected chi connectivity index (χ3v) is 7.14. The first kappa shape index (κ1) is 22.6. The van der Waals surface area contributed by atoms with E-state index in [0.29, 0.717) is 28.7 Å². The monoisotopic (exact) mass is 475 g/mol. The normalized spacial score (nSPS) is 18.9. The summed E-state index contributed by atoms with van der Waals surface area (Å²) in [6.07, 6.45) is 2.62. The van der Waals surface area contributed by atoms with E-state index in [-0.39, 0.29) is 23.8 Å². The highest BCUT2D eigenvalue weighted by molar-refractivity contribution is 7.18. The fraction of sp³-hybridized carbons (Fsp3) is 0.435. The molecule has 1 aromatic heterocycles. The number of thiophene rings is 1. The number of nitrogens with one attached hydrogen (secondary N) is 2. The molecule has 0 radical (unpaired) electrons. The smallest absolute Gasteiger partial charge is 0.414 e. The van der Waals surface area contributed by atoms with Crippen LogP contribution in [0, 0.1) is 0 Å². The standard InChI is InChI=1S/C23H26ClN3O4S/c1-2-3-20(28)26-14-23(10-11-23)15-4-6-16(7-5-15)27-13-17(31-22(27)30)12-25-21(29)18-8-9-19(24)32-18/h4-9,17H,2-3,10-14H2,1H3,(H,25,29)(H,26,28). The van der Waals surface area contributed by atoms with Crippen molar-refractivity contribution in [3.8, 4) is 0 Å². The molecule has 4 rings (SSSR count). The van der Waals surface area contributed by atoms with Crippen LogP contribution in [0.2, 0.25) is 4.34 Å². The molecule has 170 valence electrons. The van der Waals surface area contributed by atoms with Gasteiger partial charge >= 0.3 is 6.09 Å². The van der Waals surface area contributed by atoms with Gasteiger partial charge in [0.05, 0.1) is 22.3 Å². The fourth-order valence-electron chi connectivity index (χ4n) is 3.87. The van der Waals surface area contributed by atoms with E-state index in [2.05, 4.69) is 10.6 Å². The topological polar surface area (TPSA) is 87.7 Å². The molecule has 1 aliphatic carbocycles. The van der Waals surface area contributed by atoms with E-state index in [0.717, 1.165) is 24.9 Å². The molecule has 1 unspecified atom stereocenters. The molecule has 1 saturated carbocycles. The van der Waals surface area contributed by atoms with Crippen LogP contribution in [0.3, 0.4) is 0 Å². The van der Waals surface area contributed by atoms with E-state index in [1.807, 2.05) is 31.2 Å². The molecule has 2 heterocycles. The van der Waals surface area contributed by atoms with Gasteiger partial charge in [-0.1, -0.05) is 30.7 Å². The van der Waals surface area contributed by atoms with Crippen molar-refractivity contribution in [2.24, 2.45) is 0 Å². The zero-order valence-corrected chi connectivity index (χ0v) is 19.4. The highest BCUT2D eigenvalue weighted by atomic mass is 35.5. The van der Waals surface area contributed by atoms with E-state index >= 15 is 0 Å². The van der Waals surface area contributed by atoms with Gasteiger partial charge in [-0.2, -0.15) is 0 Å². The molecular formula is C23H26ClN3O4S. The average Bonchev–Trinajstić information content (AvgIpc) is 3.30. The Hall–Kier alpha value is -2.58.